The molecule has 3 N–H and O–H groups in total. The van der Waals surface area contributed by atoms with E-state index in [-0.39, 0.29) is 0 Å². The van der Waals surface area contributed by atoms with E-state index in [1.54, 1.807) is 5.43 Å². The molecule has 64 valence electrons. The molecule has 0 spiro atoms. The molecule has 0 saturated heterocycles. The van der Waals surface area contributed by atoms with Gasteiger partial charge in [0.25, 0.3) is 0 Å². The van der Waals surface area contributed by atoms with Crippen molar-refractivity contribution in [3.63, 3.8) is 0 Å². The lowest BCUT2D eigenvalue weighted by Crippen LogP contribution is -2.42. The molecule has 0 fully saturated rings. The molecular weight excluding hydrogens is 164 g/mol. The number of hydrogen-bond donors (Lipinski definition) is 3. The molecule has 0 aromatic carbocycles. The maximum Gasteiger partial charge on any atom is 0.423 e. The average Bonchev–Trinajstić information content (AvgIpc) is 2.51. The normalized spacial score (nSPS) is 9.00. The number of imidazole rings is 1. The van der Waals surface area contributed by atoms with Crippen LogP contribution < -0.4 is 10.9 Å². The van der Waals surface area contributed by atoms with Crippen LogP contribution in [0, 0.1) is 0 Å². The fourth-order valence-corrected chi connectivity index (χ4v) is 0.551. The Kier molecular flexibility index (Phi) is 2.26. The number of rotatable bonds is 0. The summed E-state index contributed by atoms with van der Waals surface area (Å²) in [4.78, 5) is 24.4. The molecule has 1 rings (SSSR count). The molecule has 7 nitrogen and oxygen atoms in total. The van der Waals surface area contributed by atoms with Gasteiger partial charge in [0.05, 0.1) is 0 Å². The van der Waals surface area contributed by atoms with Gasteiger partial charge in [0, 0.05) is 12.4 Å². The molecule has 7 heteroatoms. The first-order valence-corrected chi connectivity index (χ1v) is 2.97. The quantitative estimate of drug-likeness (QED) is 0.462. The van der Waals surface area contributed by atoms with Gasteiger partial charge in [0.15, 0.2) is 0 Å². The van der Waals surface area contributed by atoms with Crippen LogP contribution in [0.4, 0.5) is 9.59 Å². The maximum atomic E-state index is 10.9. The van der Waals surface area contributed by atoms with Crippen molar-refractivity contribution in [2.45, 2.75) is 0 Å². The van der Waals surface area contributed by atoms with Crippen molar-refractivity contribution in [2.75, 3.05) is 0 Å². The lowest BCUT2D eigenvalue weighted by atomic mass is 10.8. The Morgan fingerprint density at radius 2 is 2.17 bits per heavy atom. The lowest BCUT2D eigenvalue weighted by Gasteiger charge is -2.02. The Balaban J connectivity index is 2.45. The summed E-state index contributed by atoms with van der Waals surface area (Å²) in [5, 5.41) is 8.11. The number of nitrogens with one attached hydrogen (secondary N) is 2. The van der Waals surface area contributed by atoms with Crippen LogP contribution in [0.1, 0.15) is 0 Å². The summed E-state index contributed by atoms with van der Waals surface area (Å²) in [6.07, 6.45) is 2.71. The number of hydrazine groups is 1. The average molecular weight is 170 g/mol. The Labute approximate surface area is 67.0 Å². The zero-order valence-electron chi connectivity index (χ0n) is 5.89. The van der Waals surface area contributed by atoms with Crippen molar-refractivity contribution in [3.05, 3.63) is 18.7 Å². The molecule has 0 aliphatic carbocycles. The summed E-state index contributed by atoms with van der Waals surface area (Å²) < 4.78 is 1.09. The van der Waals surface area contributed by atoms with E-state index in [1.807, 2.05) is 5.43 Å². The van der Waals surface area contributed by atoms with Gasteiger partial charge in [-0.15, -0.1) is 0 Å². The molecule has 0 radical (unpaired) electrons. The van der Waals surface area contributed by atoms with Crippen LogP contribution in [-0.2, 0) is 0 Å². The van der Waals surface area contributed by atoms with Gasteiger partial charge in [0.1, 0.15) is 6.33 Å². The van der Waals surface area contributed by atoms with Crippen LogP contribution in [0.3, 0.4) is 0 Å². The molecule has 0 aliphatic heterocycles. The molecule has 0 atom stereocenters. The van der Waals surface area contributed by atoms with E-state index in [9.17, 15) is 9.59 Å². The largest absolute Gasteiger partial charge is 0.464 e. The molecule has 2 amide bonds. The molecular formula is C5H6N4O3. The van der Waals surface area contributed by atoms with E-state index in [0.717, 1.165) is 4.57 Å². The van der Waals surface area contributed by atoms with E-state index in [4.69, 9.17) is 5.11 Å². The smallest absolute Gasteiger partial charge is 0.423 e. The van der Waals surface area contributed by atoms with Crippen LogP contribution in [-0.4, -0.2) is 26.8 Å². The highest BCUT2D eigenvalue weighted by atomic mass is 16.4. The van der Waals surface area contributed by atoms with Crippen molar-refractivity contribution < 1.29 is 14.7 Å². The number of carbonyl (C=O) groups is 2. The van der Waals surface area contributed by atoms with Crippen LogP contribution >= 0.6 is 0 Å². The van der Waals surface area contributed by atoms with E-state index in [1.165, 1.54) is 18.7 Å². The standard InChI is InChI=1S/C5H6N4O3/c10-4(7-8-5(11)12)9-2-1-6-3-9/h1-3,8H,(H,7,10)(H,11,12). The third kappa shape index (κ3) is 1.97. The number of hydrogen-bond acceptors (Lipinski definition) is 3. The Morgan fingerprint density at radius 3 is 2.67 bits per heavy atom. The first-order chi connectivity index (χ1) is 5.70. The third-order valence-electron chi connectivity index (χ3n) is 1.02. The number of carbonyl (C=O) groups excluding carboxylic acids is 1. The molecule has 12 heavy (non-hydrogen) atoms. The topological polar surface area (TPSA) is 96.3 Å². The van der Waals surface area contributed by atoms with Gasteiger partial charge in [-0.05, 0) is 0 Å². The monoisotopic (exact) mass is 170 g/mol. The van der Waals surface area contributed by atoms with Crippen molar-refractivity contribution in [3.8, 4) is 0 Å². The minimum atomic E-state index is -1.33. The second-order valence-electron chi connectivity index (χ2n) is 1.83. The summed E-state index contributed by atoms with van der Waals surface area (Å²) >= 11 is 0. The van der Waals surface area contributed by atoms with E-state index in [0.29, 0.717) is 0 Å². The first-order valence-electron chi connectivity index (χ1n) is 2.97. The van der Waals surface area contributed by atoms with Crippen LogP contribution in [0.5, 0.6) is 0 Å². The molecule has 0 bridgehead atoms. The summed E-state index contributed by atoms with van der Waals surface area (Å²) in [6, 6.07) is -0.616. The second kappa shape index (κ2) is 3.37. The van der Waals surface area contributed by atoms with Gasteiger partial charge in [0.2, 0.25) is 0 Å². The predicted molar refractivity (Wildman–Crippen MR) is 37.3 cm³/mol. The van der Waals surface area contributed by atoms with Gasteiger partial charge >= 0.3 is 12.1 Å². The zero-order chi connectivity index (χ0) is 8.97. The highest BCUT2D eigenvalue weighted by Crippen LogP contribution is 1.82. The van der Waals surface area contributed by atoms with Crippen LogP contribution in [0.2, 0.25) is 0 Å². The minimum Gasteiger partial charge on any atom is -0.464 e. The fraction of sp³-hybridized carbons (Fsp3) is 0. The number of nitrogens with zero attached hydrogens (tertiary/aromatic N) is 2. The Hall–Kier alpha value is -2.05. The summed E-state index contributed by atoms with van der Waals surface area (Å²) in [5.41, 5.74) is 3.62. The Bertz CT molecular complexity index is 281. The molecule has 1 heterocycles. The molecule has 0 aliphatic rings. The Morgan fingerprint density at radius 1 is 1.42 bits per heavy atom. The third-order valence-corrected chi connectivity index (χ3v) is 1.02. The van der Waals surface area contributed by atoms with Crippen molar-refractivity contribution in [1.29, 1.82) is 0 Å². The molecule has 0 saturated carbocycles. The van der Waals surface area contributed by atoms with E-state index < -0.39 is 12.1 Å². The predicted octanol–water partition coefficient (Wildman–Crippen LogP) is -0.377. The fourth-order valence-electron chi connectivity index (χ4n) is 0.551. The highest BCUT2D eigenvalue weighted by Gasteiger charge is 2.02. The van der Waals surface area contributed by atoms with Gasteiger partial charge in [-0.2, -0.15) is 0 Å². The van der Waals surface area contributed by atoms with E-state index >= 15 is 0 Å². The molecule has 1 aromatic rings. The van der Waals surface area contributed by atoms with Gasteiger partial charge in [-0.3, -0.25) is 4.57 Å². The van der Waals surface area contributed by atoms with Crippen molar-refractivity contribution >= 4 is 12.1 Å². The SMILES string of the molecule is O=C(O)NNC(=O)n1ccnc1. The van der Waals surface area contributed by atoms with Gasteiger partial charge < -0.3 is 5.11 Å². The maximum absolute atomic E-state index is 10.9. The second-order valence-corrected chi connectivity index (χ2v) is 1.83. The number of carboxylic acid groups (broad SMARTS) is 1. The van der Waals surface area contributed by atoms with Crippen LogP contribution in [0.25, 0.3) is 0 Å². The minimum absolute atomic E-state index is 0.616. The molecule has 0 unspecified atom stereocenters. The van der Waals surface area contributed by atoms with Crippen molar-refractivity contribution in [2.24, 2.45) is 0 Å². The number of amides is 2. The zero-order valence-corrected chi connectivity index (χ0v) is 5.89. The van der Waals surface area contributed by atoms with Gasteiger partial charge in [-0.1, -0.05) is 0 Å². The molecule has 1 aromatic heterocycles. The first kappa shape index (κ1) is 8.05. The summed E-state index contributed by atoms with van der Waals surface area (Å²) in [5.74, 6) is 0. The van der Waals surface area contributed by atoms with E-state index in [2.05, 4.69) is 4.98 Å². The number of aromatic nitrogens is 2. The lowest BCUT2D eigenvalue weighted by molar-refractivity contribution is 0.187. The highest BCUT2D eigenvalue weighted by molar-refractivity contribution is 5.78. The van der Waals surface area contributed by atoms with Crippen LogP contribution in [0.15, 0.2) is 18.7 Å². The summed E-state index contributed by atoms with van der Waals surface area (Å²) in [6.45, 7) is 0. The van der Waals surface area contributed by atoms with Gasteiger partial charge in [-0.25, -0.2) is 25.4 Å². The summed E-state index contributed by atoms with van der Waals surface area (Å²) in [7, 11) is 0. The van der Waals surface area contributed by atoms with Crippen molar-refractivity contribution in [1.82, 2.24) is 20.4 Å².